The Kier molecular flexibility index (Phi) is 7.61. The summed E-state index contributed by atoms with van der Waals surface area (Å²) in [4.78, 5) is 26.5. The number of benzene rings is 2. The first-order chi connectivity index (χ1) is 13.3. The smallest absolute Gasteiger partial charge is 0.338 e. The van der Waals surface area contributed by atoms with Crippen molar-refractivity contribution < 1.29 is 14.3 Å². The monoisotopic (exact) mass is 382 g/mol. The molecule has 0 aromatic heterocycles. The molecule has 0 aliphatic carbocycles. The molecule has 0 radical (unpaired) electrons. The molecule has 0 fully saturated rings. The van der Waals surface area contributed by atoms with Crippen LogP contribution in [0.3, 0.4) is 0 Å². The lowest BCUT2D eigenvalue weighted by molar-refractivity contribution is -0.124. The van der Waals surface area contributed by atoms with E-state index in [4.69, 9.17) is 4.74 Å². The molecule has 0 saturated carbocycles. The number of carbonyl (C=O) groups excluding carboxylic acids is 2. The molecule has 0 aliphatic heterocycles. The van der Waals surface area contributed by atoms with Crippen LogP contribution in [-0.2, 0) is 9.53 Å². The van der Waals surface area contributed by atoms with Gasteiger partial charge in [-0.2, -0.15) is 0 Å². The summed E-state index contributed by atoms with van der Waals surface area (Å²) in [5.41, 5.74) is 4.91. The summed E-state index contributed by atoms with van der Waals surface area (Å²) in [6.45, 7) is 11.7. The number of nitrogens with one attached hydrogen (secondary N) is 1. The Hall–Kier alpha value is -2.82. The molecule has 5 heteroatoms. The van der Waals surface area contributed by atoms with E-state index in [1.165, 1.54) is 11.1 Å². The molecule has 0 unspecified atom stereocenters. The molecule has 1 N–H and O–H groups in total. The van der Waals surface area contributed by atoms with Crippen molar-refractivity contribution in [2.24, 2.45) is 0 Å². The van der Waals surface area contributed by atoms with Gasteiger partial charge in [0.15, 0.2) is 6.61 Å². The fourth-order valence-corrected chi connectivity index (χ4v) is 3.01. The van der Waals surface area contributed by atoms with Gasteiger partial charge in [0, 0.05) is 18.8 Å². The van der Waals surface area contributed by atoms with Crippen LogP contribution in [-0.4, -0.2) is 31.6 Å². The second-order valence-electron chi connectivity index (χ2n) is 6.93. The average Bonchev–Trinajstić information content (AvgIpc) is 2.69. The van der Waals surface area contributed by atoms with E-state index in [0.717, 1.165) is 24.3 Å². The van der Waals surface area contributed by atoms with Gasteiger partial charge in [0.05, 0.1) is 11.6 Å². The summed E-state index contributed by atoms with van der Waals surface area (Å²) in [6.07, 6.45) is 0. The van der Waals surface area contributed by atoms with Gasteiger partial charge in [-0.25, -0.2) is 4.79 Å². The molecular weight excluding hydrogens is 352 g/mol. The Balaban J connectivity index is 1.87. The van der Waals surface area contributed by atoms with E-state index in [1.54, 1.807) is 12.1 Å². The number of rotatable bonds is 8. The number of amides is 1. The molecule has 2 aromatic carbocycles. The average molecular weight is 383 g/mol. The van der Waals surface area contributed by atoms with E-state index in [9.17, 15) is 9.59 Å². The van der Waals surface area contributed by atoms with Crippen LogP contribution in [0.4, 0.5) is 5.69 Å². The van der Waals surface area contributed by atoms with E-state index < -0.39 is 5.97 Å². The maximum Gasteiger partial charge on any atom is 0.338 e. The molecule has 0 saturated heterocycles. The van der Waals surface area contributed by atoms with Crippen molar-refractivity contribution in [1.82, 2.24) is 5.32 Å². The van der Waals surface area contributed by atoms with Crippen LogP contribution >= 0.6 is 0 Å². The van der Waals surface area contributed by atoms with Crippen LogP contribution in [0.15, 0.2) is 42.5 Å². The molecule has 2 aromatic rings. The molecule has 5 nitrogen and oxygen atoms in total. The minimum Gasteiger partial charge on any atom is -0.452 e. The highest BCUT2D eigenvalue weighted by atomic mass is 16.5. The molecular formula is C23H30N2O3. The Bertz CT molecular complexity index is 811. The first-order valence-electron chi connectivity index (χ1n) is 9.74. The predicted molar refractivity (Wildman–Crippen MR) is 113 cm³/mol. The van der Waals surface area contributed by atoms with Crippen molar-refractivity contribution in [1.29, 1.82) is 0 Å². The lowest BCUT2D eigenvalue weighted by atomic mass is 10.0. The molecule has 28 heavy (non-hydrogen) atoms. The number of esters is 1. The van der Waals surface area contributed by atoms with Crippen LogP contribution in [0, 0.1) is 13.8 Å². The van der Waals surface area contributed by atoms with Crippen LogP contribution in [0.2, 0.25) is 0 Å². The van der Waals surface area contributed by atoms with Crippen LogP contribution in [0.25, 0.3) is 0 Å². The predicted octanol–water partition coefficient (Wildman–Crippen LogP) is 4.18. The minimum atomic E-state index is -0.500. The van der Waals surface area contributed by atoms with Crippen LogP contribution in [0.1, 0.15) is 53.9 Å². The topological polar surface area (TPSA) is 58.6 Å². The van der Waals surface area contributed by atoms with Gasteiger partial charge in [0.2, 0.25) is 0 Å². The second-order valence-corrected chi connectivity index (χ2v) is 6.93. The molecule has 2 rings (SSSR count). The lowest BCUT2D eigenvalue weighted by Crippen LogP contribution is -2.31. The van der Waals surface area contributed by atoms with Crippen molar-refractivity contribution in [3.63, 3.8) is 0 Å². The molecule has 1 amide bonds. The molecule has 0 bridgehead atoms. The molecule has 0 spiro atoms. The summed E-state index contributed by atoms with van der Waals surface area (Å²) in [5, 5.41) is 2.87. The Morgan fingerprint density at radius 1 is 1.00 bits per heavy atom. The van der Waals surface area contributed by atoms with Crippen LogP contribution in [0.5, 0.6) is 0 Å². The summed E-state index contributed by atoms with van der Waals surface area (Å²) in [7, 11) is 0. The molecule has 0 aliphatic rings. The molecule has 1 atom stereocenters. The van der Waals surface area contributed by atoms with E-state index in [0.29, 0.717) is 5.56 Å². The zero-order chi connectivity index (χ0) is 20.7. The highest BCUT2D eigenvalue weighted by Crippen LogP contribution is 2.17. The maximum atomic E-state index is 12.2. The van der Waals surface area contributed by atoms with Gasteiger partial charge in [-0.15, -0.1) is 0 Å². The van der Waals surface area contributed by atoms with Crippen molar-refractivity contribution in [3.05, 3.63) is 64.7 Å². The first kappa shape index (κ1) is 21.5. The third-order valence-electron chi connectivity index (χ3n) is 4.97. The molecule has 0 heterocycles. The number of aryl methyl sites for hydroxylation is 2. The number of nitrogens with zero attached hydrogens (tertiary/aromatic N) is 1. The highest BCUT2D eigenvalue weighted by molar-refractivity contribution is 5.91. The zero-order valence-electron chi connectivity index (χ0n) is 17.4. The van der Waals surface area contributed by atoms with E-state index in [1.807, 2.05) is 38.1 Å². The van der Waals surface area contributed by atoms with Gasteiger partial charge in [-0.05, 0) is 75.6 Å². The number of carbonyl (C=O) groups is 2. The highest BCUT2D eigenvalue weighted by Gasteiger charge is 2.14. The second kappa shape index (κ2) is 9.93. The summed E-state index contributed by atoms with van der Waals surface area (Å²) in [6, 6.07) is 13.2. The number of hydrogen-bond acceptors (Lipinski definition) is 4. The van der Waals surface area contributed by atoms with E-state index in [2.05, 4.69) is 37.1 Å². The minimum absolute atomic E-state index is 0.154. The van der Waals surface area contributed by atoms with E-state index >= 15 is 0 Å². The largest absolute Gasteiger partial charge is 0.452 e. The molecule has 150 valence electrons. The van der Waals surface area contributed by atoms with Gasteiger partial charge in [0.25, 0.3) is 5.91 Å². The fraction of sp³-hybridized carbons (Fsp3) is 0.391. The quantitative estimate of drug-likeness (QED) is 0.696. The lowest BCUT2D eigenvalue weighted by Gasteiger charge is -2.21. The van der Waals surface area contributed by atoms with Crippen molar-refractivity contribution in [2.75, 3.05) is 24.6 Å². The Morgan fingerprint density at radius 3 is 2.21 bits per heavy atom. The Labute approximate surface area is 167 Å². The zero-order valence-corrected chi connectivity index (χ0v) is 17.4. The van der Waals surface area contributed by atoms with E-state index in [-0.39, 0.29) is 18.6 Å². The van der Waals surface area contributed by atoms with Crippen molar-refractivity contribution in [3.8, 4) is 0 Å². The summed E-state index contributed by atoms with van der Waals surface area (Å²) in [5.74, 6) is -0.820. The van der Waals surface area contributed by atoms with Gasteiger partial charge in [0.1, 0.15) is 0 Å². The van der Waals surface area contributed by atoms with Gasteiger partial charge >= 0.3 is 5.97 Å². The van der Waals surface area contributed by atoms with Gasteiger partial charge < -0.3 is 15.0 Å². The van der Waals surface area contributed by atoms with Gasteiger partial charge in [-0.1, -0.05) is 18.2 Å². The summed E-state index contributed by atoms with van der Waals surface area (Å²) >= 11 is 0. The number of hydrogen-bond donors (Lipinski definition) is 1. The third kappa shape index (κ3) is 5.59. The normalized spacial score (nSPS) is 11.6. The third-order valence-corrected chi connectivity index (χ3v) is 4.97. The number of ether oxygens (including phenoxy) is 1. The van der Waals surface area contributed by atoms with Crippen molar-refractivity contribution in [2.45, 2.75) is 40.7 Å². The van der Waals surface area contributed by atoms with Crippen molar-refractivity contribution >= 4 is 17.6 Å². The number of anilines is 1. The van der Waals surface area contributed by atoms with Crippen LogP contribution < -0.4 is 10.2 Å². The SMILES string of the molecule is CCN(CC)c1ccc(C(=O)OCC(=O)N[C@@H](C)c2ccc(C)c(C)c2)cc1. The standard InChI is InChI=1S/C23H30N2O3/c1-6-25(7-2)21-12-10-19(11-13-21)23(27)28-15-22(26)24-18(5)20-9-8-16(3)17(4)14-20/h8-14,18H,6-7,15H2,1-5H3,(H,24,26)/t18-/m0/s1. The Morgan fingerprint density at radius 2 is 1.64 bits per heavy atom. The van der Waals surface area contributed by atoms with Gasteiger partial charge in [-0.3, -0.25) is 4.79 Å². The first-order valence-corrected chi connectivity index (χ1v) is 9.74. The summed E-state index contributed by atoms with van der Waals surface area (Å²) < 4.78 is 5.16. The maximum absolute atomic E-state index is 12.2. The fourth-order valence-electron chi connectivity index (χ4n) is 3.01.